The Morgan fingerprint density at radius 2 is 2.26 bits per heavy atom. The van der Waals surface area contributed by atoms with Crippen molar-refractivity contribution in [1.29, 1.82) is 0 Å². The molecule has 1 N–H and O–H groups in total. The predicted octanol–water partition coefficient (Wildman–Crippen LogP) is 4.07. The lowest BCUT2D eigenvalue weighted by Crippen LogP contribution is -1.97. The molecule has 0 unspecified atom stereocenters. The van der Waals surface area contributed by atoms with Gasteiger partial charge in [0.2, 0.25) is 0 Å². The molecule has 0 amide bonds. The third-order valence-electron chi connectivity index (χ3n) is 3.10. The molecule has 1 saturated carbocycles. The van der Waals surface area contributed by atoms with E-state index < -0.39 is 5.97 Å². The van der Waals surface area contributed by atoms with Gasteiger partial charge >= 0.3 is 5.97 Å². The van der Waals surface area contributed by atoms with Gasteiger partial charge in [-0.3, -0.25) is 0 Å². The molecule has 5 heteroatoms. The Morgan fingerprint density at radius 3 is 2.89 bits per heavy atom. The summed E-state index contributed by atoms with van der Waals surface area (Å²) in [6.07, 6.45) is 2.83. The number of nitrogens with zero attached hydrogens (tertiary/aromatic N) is 1. The van der Waals surface area contributed by atoms with Crippen LogP contribution >= 0.6 is 27.3 Å². The Kier molecular flexibility index (Phi) is 3.41. The van der Waals surface area contributed by atoms with Crippen LogP contribution in [0, 0.1) is 0 Å². The molecule has 0 radical (unpaired) electrons. The summed E-state index contributed by atoms with van der Waals surface area (Å²) in [4.78, 5) is 16.2. The number of halogens is 1. The van der Waals surface area contributed by atoms with E-state index >= 15 is 0 Å². The summed E-state index contributed by atoms with van der Waals surface area (Å²) in [7, 11) is 0. The fourth-order valence-electron chi connectivity index (χ4n) is 2.06. The molecule has 3 rings (SSSR count). The van der Waals surface area contributed by atoms with Gasteiger partial charge < -0.3 is 5.11 Å². The van der Waals surface area contributed by atoms with E-state index in [1.807, 2.05) is 24.3 Å². The molecule has 1 heterocycles. The average molecular weight is 338 g/mol. The zero-order chi connectivity index (χ0) is 13.4. The maximum Gasteiger partial charge on any atom is 0.347 e. The number of aromatic carboxylic acids is 1. The third-order valence-corrected chi connectivity index (χ3v) is 4.65. The van der Waals surface area contributed by atoms with E-state index in [-0.39, 0.29) is 0 Å². The molecule has 1 aromatic heterocycles. The van der Waals surface area contributed by atoms with Crippen LogP contribution in [0.2, 0.25) is 0 Å². The first-order valence-electron chi connectivity index (χ1n) is 6.11. The second-order valence-electron chi connectivity index (χ2n) is 4.71. The van der Waals surface area contributed by atoms with E-state index in [0.717, 1.165) is 33.6 Å². The zero-order valence-electron chi connectivity index (χ0n) is 10.1. The Bertz CT molecular complexity index is 634. The Balaban J connectivity index is 1.89. The highest BCUT2D eigenvalue weighted by molar-refractivity contribution is 9.10. The molecule has 0 bridgehead atoms. The van der Waals surface area contributed by atoms with Crippen molar-refractivity contribution in [1.82, 2.24) is 4.98 Å². The number of thiazole rings is 1. The molecule has 98 valence electrons. The van der Waals surface area contributed by atoms with Crippen molar-refractivity contribution in [2.45, 2.75) is 25.2 Å². The smallest absolute Gasteiger partial charge is 0.347 e. The summed E-state index contributed by atoms with van der Waals surface area (Å²) in [6.45, 7) is 0. The number of hydrogen-bond acceptors (Lipinski definition) is 3. The SMILES string of the molecule is O=C(O)c1sc(Cc2cccc(Br)c2)nc1C1CC1. The van der Waals surface area contributed by atoms with Crippen LogP contribution in [0.15, 0.2) is 28.7 Å². The second kappa shape index (κ2) is 5.06. The van der Waals surface area contributed by atoms with E-state index in [2.05, 4.69) is 20.9 Å². The van der Waals surface area contributed by atoms with Gasteiger partial charge in [0.05, 0.1) is 10.7 Å². The van der Waals surface area contributed by atoms with Crippen LogP contribution in [0.25, 0.3) is 0 Å². The van der Waals surface area contributed by atoms with E-state index in [9.17, 15) is 9.90 Å². The molecule has 1 aliphatic carbocycles. The fraction of sp³-hybridized carbons (Fsp3) is 0.286. The number of benzene rings is 1. The minimum absolute atomic E-state index is 0.374. The standard InChI is InChI=1S/C14H12BrNO2S/c15-10-3-1-2-8(6-10)7-11-16-12(9-4-5-9)13(19-11)14(17)18/h1-3,6,9H,4-5,7H2,(H,17,18). The number of rotatable bonds is 4. The van der Waals surface area contributed by atoms with Crippen molar-refractivity contribution < 1.29 is 9.90 Å². The highest BCUT2D eigenvalue weighted by Gasteiger charge is 2.31. The van der Waals surface area contributed by atoms with Gasteiger partial charge in [-0.05, 0) is 30.5 Å². The summed E-state index contributed by atoms with van der Waals surface area (Å²) in [5.41, 5.74) is 1.94. The molecule has 3 nitrogen and oxygen atoms in total. The van der Waals surface area contributed by atoms with Crippen molar-refractivity contribution in [3.8, 4) is 0 Å². The maximum atomic E-state index is 11.2. The van der Waals surface area contributed by atoms with Gasteiger partial charge in [-0.1, -0.05) is 28.1 Å². The lowest BCUT2D eigenvalue weighted by atomic mass is 10.2. The highest BCUT2D eigenvalue weighted by atomic mass is 79.9. The lowest BCUT2D eigenvalue weighted by Gasteiger charge is -1.98. The van der Waals surface area contributed by atoms with Gasteiger partial charge in [0.25, 0.3) is 0 Å². The Labute approximate surface area is 123 Å². The van der Waals surface area contributed by atoms with Crippen LogP contribution in [-0.2, 0) is 6.42 Å². The first-order valence-corrected chi connectivity index (χ1v) is 7.72. The Morgan fingerprint density at radius 1 is 1.47 bits per heavy atom. The highest BCUT2D eigenvalue weighted by Crippen LogP contribution is 2.42. The largest absolute Gasteiger partial charge is 0.477 e. The van der Waals surface area contributed by atoms with Crippen molar-refractivity contribution in [2.24, 2.45) is 0 Å². The maximum absolute atomic E-state index is 11.2. The second-order valence-corrected chi connectivity index (χ2v) is 6.71. The topological polar surface area (TPSA) is 50.2 Å². The molecule has 1 aliphatic rings. The van der Waals surface area contributed by atoms with E-state index in [1.165, 1.54) is 11.3 Å². The van der Waals surface area contributed by atoms with Crippen LogP contribution in [0.1, 0.15) is 44.7 Å². The normalized spacial score (nSPS) is 14.6. The minimum atomic E-state index is -0.847. The van der Waals surface area contributed by atoms with Crippen LogP contribution in [-0.4, -0.2) is 16.1 Å². The van der Waals surface area contributed by atoms with Gasteiger partial charge in [0.1, 0.15) is 4.88 Å². The number of carbonyl (C=O) groups is 1. The molecule has 2 aromatic rings. The van der Waals surface area contributed by atoms with E-state index in [1.54, 1.807) is 0 Å². The molecular weight excluding hydrogens is 326 g/mol. The number of carboxylic acid groups (broad SMARTS) is 1. The van der Waals surface area contributed by atoms with Crippen LogP contribution in [0.5, 0.6) is 0 Å². The number of aromatic nitrogens is 1. The first kappa shape index (κ1) is 12.8. The van der Waals surface area contributed by atoms with E-state index in [0.29, 0.717) is 17.2 Å². The summed E-state index contributed by atoms with van der Waals surface area (Å²) in [5, 5.41) is 10.1. The number of carboxylic acids is 1. The molecule has 0 atom stereocenters. The first-order chi connectivity index (χ1) is 9.13. The van der Waals surface area contributed by atoms with E-state index in [4.69, 9.17) is 0 Å². The van der Waals surface area contributed by atoms with Gasteiger partial charge in [-0.25, -0.2) is 9.78 Å². The van der Waals surface area contributed by atoms with Crippen LogP contribution in [0.3, 0.4) is 0 Å². The summed E-state index contributed by atoms with van der Waals surface area (Å²) in [5.74, 6) is -0.474. The van der Waals surface area contributed by atoms with Crippen molar-refractivity contribution in [3.63, 3.8) is 0 Å². The van der Waals surface area contributed by atoms with Crippen LogP contribution in [0.4, 0.5) is 0 Å². The molecule has 1 aromatic carbocycles. The van der Waals surface area contributed by atoms with Crippen molar-refractivity contribution >= 4 is 33.2 Å². The molecule has 0 saturated heterocycles. The molecule has 0 spiro atoms. The van der Waals surface area contributed by atoms with Gasteiger partial charge in [-0.2, -0.15) is 0 Å². The lowest BCUT2D eigenvalue weighted by molar-refractivity contribution is 0.0700. The van der Waals surface area contributed by atoms with Gasteiger partial charge in [0, 0.05) is 16.8 Å². The predicted molar refractivity (Wildman–Crippen MR) is 78.0 cm³/mol. The Hall–Kier alpha value is -1.20. The number of hydrogen-bond donors (Lipinski definition) is 1. The summed E-state index contributed by atoms with van der Waals surface area (Å²) in [6, 6.07) is 8.03. The third kappa shape index (κ3) is 2.87. The van der Waals surface area contributed by atoms with Crippen molar-refractivity contribution in [2.75, 3.05) is 0 Å². The van der Waals surface area contributed by atoms with Gasteiger partial charge in [0.15, 0.2) is 0 Å². The average Bonchev–Trinajstić information content (AvgIpc) is 3.11. The summed E-state index contributed by atoms with van der Waals surface area (Å²) < 4.78 is 1.03. The molecule has 19 heavy (non-hydrogen) atoms. The fourth-order valence-corrected chi connectivity index (χ4v) is 3.53. The minimum Gasteiger partial charge on any atom is -0.477 e. The summed E-state index contributed by atoms with van der Waals surface area (Å²) >= 11 is 4.75. The molecule has 1 fully saturated rings. The van der Waals surface area contributed by atoms with Crippen molar-refractivity contribution in [3.05, 3.63) is 49.9 Å². The quantitative estimate of drug-likeness (QED) is 0.914. The van der Waals surface area contributed by atoms with Crippen LogP contribution < -0.4 is 0 Å². The molecular formula is C14H12BrNO2S. The zero-order valence-corrected chi connectivity index (χ0v) is 12.5. The monoisotopic (exact) mass is 337 g/mol. The van der Waals surface area contributed by atoms with Gasteiger partial charge in [-0.15, -0.1) is 11.3 Å². The molecule has 0 aliphatic heterocycles.